The van der Waals surface area contributed by atoms with Gasteiger partial charge in [0.1, 0.15) is 10.9 Å². The molecule has 17 heavy (non-hydrogen) atoms. The molecule has 0 fully saturated rings. The normalized spacial score (nSPS) is 12.1. The highest BCUT2D eigenvalue weighted by Gasteiger charge is 2.20. The second-order valence-electron chi connectivity index (χ2n) is 3.39. The molecule has 0 aliphatic heterocycles. The molecule has 0 saturated heterocycles. The third-order valence-electron chi connectivity index (χ3n) is 2.06. The van der Waals surface area contributed by atoms with Crippen molar-refractivity contribution in [2.75, 3.05) is 12.0 Å². The van der Waals surface area contributed by atoms with Crippen molar-refractivity contribution in [1.82, 2.24) is 10.3 Å². The minimum absolute atomic E-state index is 0.371. The summed E-state index contributed by atoms with van der Waals surface area (Å²) in [4.78, 5) is 27.1. The number of aliphatic carboxylic acids is 1. The second-order valence-corrected chi connectivity index (χ2v) is 5.61. The number of amides is 1. The molecule has 94 valence electrons. The predicted octanol–water partition coefficient (Wildman–Crippen LogP) is 1.39. The number of carbonyl (C=O) groups is 2. The van der Waals surface area contributed by atoms with E-state index in [2.05, 4.69) is 10.3 Å². The molecule has 1 amide bonds. The van der Waals surface area contributed by atoms with Crippen LogP contribution < -0.4 is 5.32 Å². The first-order valence-electron chi connectivity index (χ1n) is 4.99. The molecule has 1 rings (SSSR count). The van der Waals surface area contributed by atoms with Crippen molar-refractivity contribution in [3.8, 4) is 0 Å². The van der Waals surface area contributed by atoms with Gasteiger partial charge in [0.25, 0.3) is 5.91 Å². The van der Waals surface area contributed by atoms with Crippen molar-refractivity contribution in [2.24, 2.45) is 0 Å². The number of rotatable bonds is 6. The standard InChI is InChI=1S/C10H14N2O3S2/c1-6-11-5-8(17-6)9(13)12-7(10(14)15)3-4-16-2/h5,7H,3-4H2,1-2H3,(H,12,13)(H,14,15)/t7-/m1/s1. The molecular formula is C10H14N2O3S2. The zero-order chi connectivity index (χ0) is 12.8. The number of hydrogen-bond donors (Lipinski definition) is 2. The SMILES string of the molecule is CSCC[C@@H](NC(=O)c1cnc(C)s1)C(=O)O. The molecule has 7 heteroatoms. The van der Waals surface area contributed by atoms with Crippen LogP contribution in [-0.2, 0) is 4.79 Å². The molecule has 1 aromatic rings. The number of nitrogens with one attached hydrogen (secondary N) is 1. The van der Waals surface area contributed by atoms with E-state index in [1.165, 1.54) is 17.5 Å². The number of aryl methyl sites for hydroxylation is 1. The van der Waals surface area contributed by atoms with E-state index in [4.69, 9.17) is 5.11 Å². The smallest absolute Gasteiger partial charge is 0.326 e. The fourth-order valence-corrected chi connectivity index (χ4v) is 2.34. The molecule has 0 bridgehead atoms. The monoisotopic (exact) mass is 274 g/mol. The van der Waals surface area contributed by atoms with Crippen molar-refractivity contribution in [3.63, 3.8) is 0 Å². The lowest BCUT2D eigenvalue weighted by atomic mass is 10.2. The first-order valence-corrected chi connectivity index (χ1v) is 7.20. The average molecular weight is 274 g/mol. The Morgan fingerprint density at radius 1 is 1.65 bits per heavy atom. The molecule has 0 aliphatic carbocycles. The Bertz CT molecular complexity index is 406. The maximum absolute atomic E-state index is 11.7. The van der Waals surface area contributed by atoms with Crippen molar-refractivity contribution < 1.29 is 14.7 Å². The van der Waals surface area contributed by atoms with E-state index in [9.17, 15) is 9.59 Å². The predicted molar refractivity (Wildman–Crippen MR) is 68.7 cm³/mol. The molecule has 1 heterocycles. The zero-order valence-electron chi connectivity index (χ0n) is 9.60. The van der Waals surface area contributed by atoms with E-state index in [-0.39, 0.29) is 5.91 Å². The lowest BCUT2D eigenvalue weighted by molar-refractivity contribution is -0.139. The molecular weight excluding hydrogens is 260 g/mol. The van der Waals surface area contributed by atoms with Crippen LogP contribution in [-0.4, -0.2) is 40.0 Å². The highest BCUT2D eigenvalue weighted by molar-refractivity contribution is 7.98. The van der Waals surface area contributed by atoms with Gasteiger partial charge in [0.2, 0.25) is 0 Å². The Labute approximate surface area is 108 Å². The topological polar surface area (TPSA) is 79.3 Å². The molecule has 0 spiro atoms. The summed E-state index contributed by atoms with van der Waals surface area (Å²) in [5.41, 5.74) is 0. The van der Waals surface area contributed by atoms with E-state index >= 15 is 0 Å². The van der Waals surface area contributed by atoms with Crippen LogP contribution >= 0.6 is 23.1 Å². The van der Waals surface area contributed by atoms with Crippen molar-refractivity contribution in [1.29, 1.82) is 0 Å². The number of thioether (sulfide) groups is 1. The summed E-state index contributed by atoms with van der Waals surface area (Å²) in [7, 11) is 0. The minimum Gasteiger partial charge on any atom is -0.480 e. The van der Waals surface area contributed by atoms with E-state index in [0.29, 0.717) is 17.1 Å². The van der Waals surface area contributed by atoms with Crippen LogP contribution in [0, 0.1) is 6.92 Å². The van der Waals surface area contributed by atoms with Crippen LogP contribution in [0.4, 0.5) is 0 Å². The number of carbonyl (C=O) groups excluding carboxylic acids is 1. The fourth-order valence-electron chi connectivity index (χ4n) is 1.19. The molecule has 1 aromatic heterocycles. The Balaban J connectivity index is 2.60. The van der Waals surface area contributed by atoms with Crippen LogP contribution in [0.15, 0.2) is 6.20 Å². The van der Waals surface area contributed by atoms with E-state index in [1.807, 2.05) is 6.26 Å². The summed E-state index contributed by atoms with van der Waals surface area (Å²) >= 11 is 2.80. The number of carboxylic acid groups (broad SMARTS) is 1. The van der Waals surface area contributed by atoms with Crippen LogP contribution in [0.2, 0.25) is 0 Å². The van der Waals surface area contributed by atoms with Gasteiger partial charge >= 0.3 is 5.97 Å². The lowest BCUT2D eigenvalue weighted by Gasteiger charge is -2.12. The van der Waals surface area contributed by atoms with Crippen molar-refractivity contribution in [3.05, 3.63) is 16.1 Å². The number of carboxylic acids is 1. The lowest BCUT2D eigenvalue weighted by Crippen LogP contribution is -2.40. The summed E-state index contributed by atoms with van der Waals surface area (Å²) in [6.45, 7) is 1.80. The van der Waals surface area contributed by atoms with Crippen molar-refractivity contribution in [2.45, 2.75) is 19.4 Å². The average Bonchev–Trinajstić information content (AvgIpc) is 2.70. The van der Waals surface area contributed by atoms with Gasteiger partial charge in [0.05, 0.1) is 11.2 Å². The van der Waals surface area contributed by atoms with E-state index < -0.39 is 12.0 Å². The Morgan fingerprint density at radius 2 is 2.35 bits per heavy atom. The third kappa shape index (κ3) is 4.35. The Kier molecular flexibility index (Phi) is 5.43. The van der Waals surface area contributed by atoms with Crippen LogP contribution in [0.1, 0.15) is 21.1 Å². The molecule has 0 radical (unpaired) electrons. The van der Waals surface area contributed by atoms with Gasteiger partial charge in [-0.3, -0.25) is 4.79 Å². The third-order valence-corrected chi connectivity index (χ3v) is 3.61. The van der Waals surface area contributed by atoms with Gasteiger partial charge in [-0.2, -0.15) is 11.8 Å². The van der Waals surface area contributed by atoms with Crippen LogP contribution in [0.5, 0.6) is 0 Å². The quantitative estimate of drug-likeness (QED) is 0.819. The summed E-state index contributed by atoms with van der Waals surface area (Å²) < 4.78 is 0. The van der Waals surface area contributed by atoms with E-state index in [0.717, 1.165) is 5.01 Å². The molecule has 0 aliphatic rings. The molecule has 5 nitrogen and oxygen atoms in total. The van der Waals surface area contributed by atoms with Gasteiger partial charge in [-0.1, -0.05) is 0 Å². The zero-order valence-corrected chi connectivity index (χ0v) is 11.2. The maximum atomic E-state index is 11.7. The molecule has 1 atom stereocenters. The highest BCUT2D eigenvalue weighted by Crippen LogP contribution is 2.12. The summed E-state index contributed by atoms with van der Waals surface area (Å²) in [6.07, 6.45) is 3.77. The summed E-state index contributed by atoms with van der Waals surface area (Å²) in [5.74, 6) is -0.684. The van der Waals surface area contributed by atoms with Gasteiger partial charge in [0, 0.05) is 0 Å². The minimum atomic E-state index is -1.01. The number of nitrogens with zero attached hydrogens (tertiary/aromatic N) is 1. The van der Waals surface area contributed by atoms with Gasteiger partial charge in [0.15, 0.2) is 0 Å². The molecule has 0 unspecified atom stereocenters. The van der Waals surface area contributed by atoms with Crippen LogP contribution in [0.3, 0.4) is 0 Å². The van der Waals surface area contributed by atoms with Gasteiger partial charge < -0.3 is 10.4 Å². The van der Waals surface area contributed by atoms with Crippen LogP contribution in [0.25, 0.3) is 0 Å². The van der Waals surface area contributed by atoms with Gasteiger partial charge in [-0.05, 0) is 25.4 Å². The second kappa shape index (κ2) is 6.61. The van der Waals surface area contributed by atoms with Gasteiger partial charge in [-0.15, -0.1) is 11.3 Å². The van der Waals surface area contributed by atoms with Crippen molar-refractivity contribution >= 4 is 35.0 Å². The highest BCUT2D eigenvalue weighted by atomic mass is 32.2. The summed E-state index contributed by atoms with van der Waals surface area (Å²) in [6, 6.07) is -0.836. The number of hydrogen-bond acceptors (Lipinski definition) is 5. The molecule has 0 aromatic carbocycles. The first kappa shape index (κ1) is 14.0. The fraction of sp³-hybridized carbons (Fsp3) is 0.500. The largest absolute Gasteiger partial charge is 0.480 e. The Hall–Kier alpha value is -1.08. The Morgan fingerprint density at radius 3 is 2.82 bits per heavy atom. The number of aromatic nitrogens is 1. The molecule has 2 N–H and O–H groups in total. The summed E-state index contributed by atoms with van der Waals surface area (Å²) in [5, 5.41) is 12.2. The van der Waals surface area contributed by atoms with Gasteiger partial charge in [-0.25, -0.2) is 9.78 Å². The first-order chi connectivity index (χ1) is 8.04. The maximum Gasteiger partial charge on any atom is 0.326 e. The molecule has 0 saturated carbocycles. The number of thiazole rings is 1. The van der Waals surface area contributed by atoms with E-state index in [1.54, 1.807) is 18.7 Å².